The molecule has 0 unspecified atom stereocenters. The molecule has 0 atom stereocenters. The predicted molar refractivity (Wildman–Crippen MR) is 99.6 cm³/mol. The lowest BCUT2D eigenvalue weighted by Crippen LogP contribution is -2.30. The quantitative estimate of drug-likeness (QED) is 0.585. The van der Waals surface area contributed by atoms with Crippen LogP contribution in [0.2, 0.25) is 5.02 Å². The van der Waals surface area contributed by atoms with Crippen LogP contribution in [0.3, 0.4) is 0 Å². The van der Waals surface area contributed by atoms with Crippen molar-refractivity contribution in [2.24, 2.45) is 0 Å². The normalized spacial score (nSPS) is 10.2. The summed E-state index contributed by atoms with van der Waals surface area (Å²) < 4.78 is 10.3. The number of benzene rings is 2. The lowest BCUT2D eigenvalue weighted by Gasteiger charge is -2.20. The van der Waals surface area contributed by atoms with E-state index in [-0.39, 0.29) is 23.2 Å². The Labute approximate surface area is 155 Å². The Bertz CT molecular complexity index is 806. The molecule has 0 saturated heterocycles. The van der Waals surface area contributed by atoms with Gasteiger partial charge in [0.25, 0.3) is 5.69 Å². The van der Waals surface area contributed by atoms with E-state index >= 15 is 0 Å². The van der Waals surface area contributed by atoms with E-state index in [1.165, 1.54) is 32.4 Å². The number of hydrogen-bond donors (Lipinski definition) is 1. The fourth-order valence-electron chi connectivity index (χ4n) is 2.30. The third-order valence-corrected chi connectivity index (χ3v) is 3.87. The van der Waals surface area contributed by atoms with Crippen molar-refractivity contribution in [3.05, 3.63) is 51.5 Å². The lowest BCUT2D eigenvalue weighted by molar-refractivity contribution is -0.384. The highest BCUT2D eigenvalue weighted by molar-refractivity contribution is 6.33. The van der Waals surface area contributed by atoms with Crippen LogP contribution in [0.25, 0.3) is 0 Å². The zero-order chi connectivity index (χ0) is 19.3. The largest absolute Gasteiger partial charge is 0.497 e. The molecule has 9 heteroatoms. The first-order valence-corrected chi connectivity index (χ1v) is 7.90. The van der Waals surface area contributed by atoms with E-state index in [2.05, 4.69) is 5.32 Å². The van der Waals surface area contributed by atoms with Gasteiger partial charge in [0.1, 0.15) is 11.5 Å². The Balaban J connectivity index is 2.09. The number of nitrogens with zero attached hydrogens (tertiary/aromatic N) is 2. The number of methoxy groups -OCH3 is 2. The van der Waals surface area contributed by atoms with Crippen LogP contribution in [0.15, 0.2) is 36.4 Å². The highest BCUT2D eigenvalue weighted by Gasteiger charge is 2.15. The molecule has 26 heavy (non-hydrogen) atoms. The van der Waals surface area contributed by atoms with E-state index < -0.39 is 4.92 Å². The summed E-state index contributed by atoms with van der Waals surface area (Å²) in [5.74, 6) is 0.801. The van der Waals surface area contributed by atoms with Crippen LogP contribution in [-0.2, 0) is 4.79 Å². The Morgan fingerprint density at radius 2 is 1.81 bits per heavy atom. The van der Waals surface area contributed by atoms with Gasteiger partial charge in [0.15, 0.2) is 0 Å². The van der Waals surface area contributed by atoms with E-state index in [0.29, 0.717) is 22.9 Å². The number of nitro groups is 1. The molecule has 0 bridgehead atoms. The number of ether oxygens (including phenoxy) is 2. The number of carbonyl (C=O) groups is 1. The van der Waals surface area contributed by atoms with Crippen LogP contribution in [0, 0.1) is 10.1 Å². The fourth-order valence-corrected chi connectivity index (χ4v) is 2.62. The third-order valence-electron chi connectivity index (χ3n) is 3.57. The maximum atomic E-state index is 12.3. The molecule has 2 rings (SSSR count). The third kappa shape index (κ3) is 4.76. The minimum Gasteiger partial charge on any atom is -0.497 e. The molecule has 1 N–H and O–H groups in total. The van der Waals surface area contributed by atoms with Crippen LogP contribution in [-0.4, -0.2) is 38.6 Å². The molecule has 0 radical (unpaired) electrons. The van der Waals surface area contributed by atoms with Crippen molar-refractivity contribution in [2.45, 2.75) is 0 Å². The number of non-ortho nitro benzene ring substituents is 1. The molecule has 2 aromatic rings. The number of nitro benzene ring substituents is 1. The molecule has 0 aliphatic rings. The summed E-state index contributed by atoms with van der Waals surface area (Å²) in [5, 5.41) is 13.7. The standard InChI is InChI=1S/C17H18ClN3O5/c1-20(16-5-4-12(21(23)24)8-15(16)18)10-17(22)19-11-6-13(25-2)9-14(7-11)26-3/h4-9H,10H2,1-3H3,(H,19,22). The SMILES string of the molecule is COc1cc(NC(=O)CN(C)c2ccc([N+](=O)[O-])cc2Cl)cc(OC)c1. The summed E-state index contributed by atoms with van der Waals surface area (Å²) in [6.07, 6.45) is 0. The molecule has 0 fully saturated rings. The average Bonchev–Trinajstić information content (AvgIpc) is 2.60. The van der Waals surface area contributed by atoms with E-state index in [1.54, 1.807) is 30.1 Å². The monoisotopic (exact) mass is 379 g/mol. The van der Waals surface area contributed by atoms with Crippen LogP contribution < -0.4 is 19.7 Å². The Morgan fingerprint density at radius 1 is 1.19 bits per heavy atom. The minimum atomic E-state index is -0.529. The van der Waals surface area contributed by atoms with Gasteiger partial charge in [-0.25, -0.2) is 0 Å². The molecule has 0 spiro atoms. The molecule has 2 aromatic carbocycles. The first-order valence-electron chi connectivity index (χ1n) is 7.52. The number of anilines is 2. The minimum absolute atomic E-state index is 0.00292. The summed E-state index contributed by atoms with van der Waals surface area (Å²) in [7, 11) is 4.70. The van der Waals surface area contributed by atoms with Gasteiger partial charge < -0.3 is 19.7 Å². The highest BCUT2D eigenvalue weighted by Crippen LogP contribution is 2.29. The van der Waals surface area contributed by atoms with E-state index in [1.807, 2.05) is 0 Å². The zero-order valence-electron chi connectivity index (χ0n) is 14.5. The van der Waals surface area contributed by atoms with E-state index in [4.69, 9.17) is 21.1 Å². The Hall–Kier alpha value is -3.00. The molecule has 0 heterocycles. The second kappa shape index (κ2) is 8.39. The molecular weight excluding hydrogens is 362 g/mol. The van der Waals surface area contributed by atoms with Gasteiger partial charge in [-0.15, -0.1) is 0 Å². The number of likely N-dealkylation sites (N-methyl/N-ethyl adjacent to an activating group) is 1. The molecule has 0 saturated carbocycles. The molecule has 0 aliphatic carbocycles. The van der Waals surface area contributed by atoms with Gasteiger partial charge in [-0.05, 0) is 6.07 Å². The number of carbonyl (C=O) groups excluding carboxylic acids is 1. The van der Waals surface area contributed by atoms with Gasteiger partial charge in [-0.3, -0.25) is 14.9 Å². The van der Waals surface area contributed by atoms with Crippen LogP contribution in [0.1, 0.15) is 0 Å². The van der Waals surface area contributed by atoms with E-state index in [9.17, 15) is 14.9 Å². The van der Waals surface area contributed by atoms with Crippen molar-refractivity contribution in [1.82, 2.24) is 0 Å². The molecule has 1 amide bonds. The van der Waals surface area contributed by atoms with Crippen molar-refractivity contribution in [3.63, 3.8) is 0 Å². The molecule has 0 aromatic heterocycles. The number of rotatable bonds is 7. The smallest absolute Gasteiger partial charge is 0.271 e. The zero-order valence-corrected chi connectivity index (χ0v) is 15.2. The van der Waals surface area contributed by atoms with Gasteiger partial charge in [0.2, 0.25) is 5.91 Å². The molecular formula is C17H18ClN3O5. The second-order valence-electron chi connectivity index (χ2n) is 5.40. The summed E-state index contributed by atoms with van der Waals surface area (Å²) >= 11 is 6.08. The summed E-state index contributed by atoms with van der Waals surface area (Å²) in [6.45, 7) is -0.00292. The maximum absolute atomic E-state index is 12.3. The first kappa shape index (κ1) is 19.3. The van der Waals surface area contributed by atoms with Crippen LogP contribution in [0.4, 0.5) is 17.1 Å². The van der Waals surface area contributed by atoms with Crippen molar-refractivity contribution < 1.29 is 19.2 Å². The van der Waals surface area contributed by atoms with Crippen molar-refractivity contribution in [3.8, 4) is 11.5 Å². The van der Waals surface area contributed by atoms with Gasteiger partial charge in [-0.1, -0.05) is 11.6 Å². The molecule has 138 valence electrons. The van der Waals surface area contributed by atoms with Crippen LogP contribution in [0.5, 0.6) is 11.5 Å². The topological polar surface area (TPSA) is 93.9 Å². The number of hydrogen-bond acceptors (Lipinski definition) is 6. The van der Waals surface area contributed by atoms with Crippen molar-refractivity contribution in [2.75, 3.05) is 38.0 Å². The van der Waals surface area contributed by atoms with E-state index in [0.717, 1.165) is 0 Å². The Morgan fingerprint density at radius 3 is 2.31 bits per heavy atom. The van der Waals surface area contributed by atoms with Gasteiger partial charge >= 0.3 is 0 Å². The average molecular weight is 380 g/mol. The van der Waals surface area contributed by atoms with Crippen LogP contribution >= 0.6 is 11.6 Å². The van der Waals surface area contributed by atoms with Gasteiger partial charge in [0, 0.05) is 43.1 Å². The number of halogens is 1. The van der Waals surface area contributed by atoms with Crippen molar-refractivity contribution in [1.29, 1.82) is 0 Å². The number of amides is 1. The molecule has 8 nitrogen and oxygen atoms in total. The van der Waals surface area contributed by atoms with Crippen molar-refractivity contribution >= 4 is 34.6 Å². The Kier molecular flexibility index (Phi) is 6.24. The maximum Gasteiger partial charge on any atom is 0.271 e. The fraction of sp³-hybridized carbons (Fsp3) is 0.235. The predicted octanol–water partition coefficient (Wildman–Crippen LogP) is 3.34. The summed E-state index contributed by atoms with van der Waals surface area (Å²) in [6, 6.07) is 9.11. The first-order chi connectivity index (χ1) is 12.3. The lowest BCUT2D eigenvalue weighted by atomic mass is 10.2. The number of nitrogens with one attached hydrogen (secondary N) is 1. The summed E-state index contributed by atoms with van der Waals surface area (Å²) in [4.78, 5) is 24.1. The molecule has 0 aliphatic heterocycles. The highest BCUT2D eigenvalue weighted by atomic mass is 35.5. The summed E-state index contributed by atoms with van der Waals surface area (Å²) in [5.41, 5.74) is 0.921. The van der Waals surface area contributed by atoms with Gasteiger partial charge in [0.05, 0.1) is 36.4 Å². The second-order valence-corrected chi connectivity index (χ2v) is 5.81. The van der Waals surface area contributed by atoms with Gasteiger partial charge in [-0.2, -0.15) is 0 Å².